The highest BCUT2D eigenvalue weighted by Gasteiger charge is 2.01. The van der Waals surface area contributed by atoms with E-state index in [0.29, 0.717) is 12.1 Å². The number of carbonyl (C=O) groups is 1. The van der Waals surface area contributed by atoms with Gasteiger partial charge in [0.2, 0.25) is 0 Å². The number of amides is 1. The Balaban J connectivity index is 2.66. The summed E-state index contributed by atoms with van der Waals surface area (Å²) < 4.78 is 0.966. The summed E-state index contributed by atoms with van der Waals surface area (Å²) in [5.41, 5.74) is 0.657. The van der Waals surface area contributed by atoms with Crippen LogP contribution in [-0.4, -0.2) is 12.5 Å². The monoisotopic (exact) mass is 239 g/mol. The van der Waals surface area contributed by atoms with E-state index < -0.39 is 0 Å². The smallest absolute Gasteiger partial charge is 0.251 e. The maximum Gasteiger partial charge on any atom is 0.251 e. The maximum absolute atomic E-state index is 11.3. The van der Waals surface area contributed by atoms with Gasteiger partial charge < -0.3 is 5.32 Å². The number of hydrogen-bond donors (Lipinski definition) is 1. The second kappa shape index (κ2) is 4.82. The summed E-state index contributed by atoms with van der Waals surface area (Å²) in [6, 6.07) is 7.21. The van der Waals surface area contributed by atoms with Crippen LogP contribution in [0.25, 0.3) is 0 Å². The third kappa shape index (κ3) is 3.03. The van der Waals surface area contributed by atoms with Crippen molar-refractivity contribution in [2.75, 3.05) is 6.54 Å². The van der Waals surface area contributed by atoms with Gasteiger partial charge in [-0.3, -0.25) is 4.79 Å². The summed E-state index contributed by atoms with van der Waals surface area (Å²) in [6.45, 7) is 4.01. The quantitative estimate of drug-likeness (QED) is 0.807. The van der Waals surface area contributed by atoms with Crippen molar-refractivity contribution in [1.82, 2.24) is 5.32 Å². The number of benzene rings is 1. The Morgan fingerprint density at radius 1 is 1.46 bits per heavy atom. The van der Waals surface area contributed by atoms with Gasteiger partial charge in [-0.1, -0.05) is 22.0 Å². The Hall–Kier alpha value is -1.09. The highest BCUT2D eigenvalue weighted by molar-refractivity contribution is 9.10. The first-order chi connectivity index (χ1) is 6.24. The largest absolute Gasteiger partial charge is 0.349 e. The van der Waals surface area contributed by atoms with Crippen molar-refractivity contribution in [3.63, 3.8) is 0 Å². The van der Waals surface area contributed by atoms with E-state index in [9.17, 15) is 4.79 Å². The number of carbonyl (C=O) groups excluding carboxylic acids is 1. The molecule has 0 aliphatic rings. The Bertz CT molecular complexity index is 305. The summed E-state index contributed by atoms with van der Waals surface area (Å²) in [4.78, 5) is 11.3. The van der Waals surface area contributed by atoms with Gasteiger partial charge in [-0.15, -0.1) is 6.58 Å². The predicted molar refractivity (Wildman–Crippen MR) is 56.7 cm³/mol. The van der Waals surface area contributed by atoms with Crippen LogP contribution in [0.1, 0.15) is 10.4 Å². The molecule has 0 saturated heterocycles. The predicted octanol–water partition coefficient (Wildman–Crippen LogP) is 2.36. The SMILES string of the molecule is C=CCNC(=O)c1ccc(Br)cc1. The van der Waals surface area contributed by atoms with Crippen LogP contribution < -0.4 is 5.32 Å². The van der Waals surface area contributed by atoms with Gasteiger partial charge >= 0.3 is 0 Å². The first-order valence-electron chi connectivity index (χ1n) is 3.88. The van der Waals surface area contributed by atoms with Crippen molar-refractivity contribution >= 4 is 21.8 Å². The first kappa shape index (κ1) is 9.99. The molecule has 3 heteroatoms. The molecule has 0 aromatic heterocycles. The van der Waals surface area contributed by atoms with E-state index in [1.807, 2.05) is 12.1 Å². The molecule has 0 unspecified atom stereocenters. The molecule has 0 heterocycles. The van der Waals surface area contributed by atoms with Crippen LogP contribution in [0.3, 0.4) is 0 Å². The second-order valence-corrected chi connectivity index (χ2v) is 3.42. The minimum atomic E-state index is -0.0765. The van der Waals surface area contributed by atoms with Gasteiger partial charge in [-0.25, -0.2) is 0 Å². The van der Waals surface area contributed by atoms with Crippen molar-refractivity contribution in [3.05, 3.63) is 47.0 Å². The molecule has 0 spiro atoms. The van der Waals surface area contributed by atoms with Crippen LogP contribution in [-0.2, 0) is 0 Å². The normalized spacial score (nSPS) is 9.31. The molecule has 0 atom stereocenters. The average molecular weight is 240 g/mol. The van der Waals surface area contributed by atoms with Crippen molar-refractivity contribution in [2.45, 2.75) is 0 Å². The fourth-order valence-electron chi connectivity index (χ4n) is 0.868. The Morgan fingerprint density at radius 3 is 2.62 bits per heavy atom. The first-order valence-corrected chi connectivity index (χ1v) is 4.68. The second-order valence-electron chi connectivity index (χ2n) is 2.51. The Kier molecular flexibility index (Phi) is 3.71. The Labute approximate surface area is 85.8 Å². The molecule has 1 N–H and O–H groups in total. The molecule has 0 aliphatic carbocycles. The van der Waals surface area contributed by atoms with Gasteiger partial charge in [0, 0.05) is 16.6 Å². The van der Waals surface area contributed by atoms with Crippen LogP contribution in [0.4, 0.5) is 0 Å². The van der Waals surface area contributed by atoms with Gasteiger partial charge in [0.1, 0.15) is 0 Å². The summed E-state index contributed by atoms with van der Waals surface area (Å²) in [5, 5.41) is 2.70. The summed E-state index contributed by atoms with van der Waals surface area (Å²) in [6.07, 6.45) is 1.65. The fourth-order valence-corrected chi connectivity index (χ4v) is 1.13. The van der Waals surface area contributed by atoms with Crippen molar-refractivity contribution in [2.24, 2.45) is 0 Å². The number of nitrogens with one attached hydrogen (secondary N) is 1. The highest BCUT2D eigenvalue weighted by atomic mass is 79.9. The number of rotatable bonds is 3. The van der Waals surface area contributed by atoms with Gasteiger partial charge in [-0.2, -0.15) is 0 Å². The molecule has 0 radical (unpaired) electrons. The lowest BCUT2D eigenvalue weighted by Crippen LogP contribution is -2.22. The lowest BCUT2D eigenvalue weighted by Gasteiger charge is -2.01. The number of halogens is 1. The zero-order chi connectivity index (χ0) is 9.68. The number of hydrogen-bond acceptors (Lipinski definition) is 1. The molecule has 1 rings (SSSR count). The van der Waals surface area contributed by atoms with Gasteiger partial charge in [0.25, 0.3) is 5.91 Å². The van der Waals surface area contributed by atoms with Crippen LogP contribution in [0, 0.1) is 0 Å². The molecule has 0 saturated carbocycles. The molecular formula is C10H10BrNO. The van der Waals surface area contributed by atoms with E-state index in [4.69, 9.17) is 0 Å². The van der Waals surface area contributed by atoms with Gasteiger partial charge in [-0.05, 0) is 24.3 Å². The summed E-state index contributed by atoms with van der Waals surface area (Å²) in [7, 11) is 0. The molecule has 13 heavy (non-hydrogen) atoms. The van der Waals surface area contributed by atoms with E-state index in [2.05, 4.69) is 27.8 Å². The molecule has 1 aromatic carbocycles. The molecule has 2 nitrogen and oxygen atoms in total. The van der Waals surface area contributed by atoms with Crippen LogP contribution in [0.5, 0.6) is 0 Å². The lowest BCUT2D eigenvalue weighted by molar-refractivity contribution is 0.0958. The molecular weight excluding hydrogens is 230 g/mol. The average Bonchev–Trinajstić information content (AvgIpc) is 2.15. The third-order valence-corrected chi connectivity index (χ3v) is 2.04. The minimum absolute atomic E-state index is 0.0765. The summed E-state index contributed by atoms with van der Waals surface area (Å²) >= 11 is 3.30. The van der Waals surface area contributed by atoms with E-state index in [0.717, 1.165) is 4.47 Å². The topological polar surface area (TPSA) is 29.1 Å². The molecule has 0 bridgehead atoms. The fraction of sp³-hybridized carbons (Fsp3) is 0.100. The maximum atomic E-state index is 11.3. The van der Waals surface area contributed by atoms with Crippen LogP contribution in [0.2, 0.25) is 0 Å². The summed E-state index contributed by atoms with van der Waals surface area (Å²) in [5.74, 6) is -0.0765. The zero-order valence-corrected chi connectivity index (χ0v) is 8.67. The minimum Gasteiger partial charge on any atom is -0.349 e. The standard InChI is InChI=1S/C10H10BrNO/c1-2-7-12-10(13)8-3-5-9(11)6-4-8/h2-6H,1,7H2,(H,12,13). The lowest BCUT2D eigenvalue weighted by atomic mass is 10.2. The van der Waals surface area contributed by atoms with Crippen molar-refractivity contribution in [1.29, 1.82) is 0 Å². The van der Waals surface area contributed by atoms with E-state index in [1.54, 1.807) is 18.2 Å². The molecule has 1 aromatic rings. The molecule has 1 amide bonds. The highest BCUT2D eigenvalue weighted by Crippen LogP contribution is 2.10. The molecule has 68 valence electrons. The van der Waals surface area contributed by atoms with Crippen LogP contribution >= 0.6 is 15.9 Å². The Morgan fingerprint density at radius 2 is 2.08 bits per heavy atom. The van der Waals surface area contributed by atoms with Crippen LogP contribution in [0.15, 0.2) is 41.4 Å². The molecule has 0 aliphatic heterocycles. The van der Waals surface area contributed by atoms with E-state index in [-0.39, 0.29) is 5.91 Å². The van der Waals surface area contributed by atoms with Gasteiger partial charge in [0.15, 0.2) is 0 Å². The van der Waals surface area contributed by atoms with E-state index in [1.165, 1.54) is 0 Å². The van der Waals surface area contributed by atoms with Gasteiger partial charge in [0.05, 0.1) is 0 Å². The van der Waals surface area contributed by atoms with Crippen molar-refractivity contribution < 1.29 is 4.79 Å². The van der Waals surface area contributed by atoms with Crippen molar-refractivity contribution in [3.8, 4) is 0 Å². The van der Waals surface area contributed by atoms with E-state index >= 15 is 0 Å². The zero-order valence-electron chi connectivity index (χ0n) is 7.09. The third-order valence-electron chi connectivity index (χ3n) is 1.51. The molecule has 0 fully saturated rings.